The fourth-order valence-electron chi connectivity index (χ4n) is 5.36. The number of nitrogens with one attached hydrogen (secondary N) is 1. The summed E-state index contributed by atoms with van der Waals surface area (Å²) in [6, 6.07) is 14.5. The highest BCUT2D eigenvalue weighted by atomic mass is 32.2. The van der Waals surface area contributed by atoms with Gasteiger partial charge in [-0.3, -0.25) is 9.69 Å². The van der Waals surface area contributed by atoms with Crippen LogP contribution in [-0.2, 0) is 26.0 Å². The number of rotatable bonds is 6. The van der Waals surface area contributed by atoms with Crippen LogP contribution in [0.25, 0.3) is 11.1 Å². The molecule has 2 aromatic rings. The first kappa shape index (κ1) is 27.6. The maximum Gasteiger partial charge on any atom is 0.411 e. The van der Waals surface area contributed by atoms with Crippen LogP contribution in [0.2, 0.25) is 0 Å². The number of amides is 2. The van der Waals surface area contributed by atoms with E-state index < -0.39 is 33.8 Å². The van der Waals surface area contributed by atoms with Gasteiger partial charge in [-0.15, -0.1) is 0 Å². The van der Waals surface area contributed by atoms with E-state index in [2.05, 4.69) is 11.4 Å². The smallest absolute Gasteiger partial charge is 0.411 e. The number of hydrogen-bond donors (Lipinski definition) is 2. The predicted octanol–water partition coefficient (Wildman–Crippen LogP) is 3.73. The number of piperidine rings is 2. The Labute approximate surface area is 224 Å². The Bertz CT molecular complexity index is 1320. The molecule has 3 fully saturated rings. The molecule has 2 atom stereocenters. The Morgan fingerprint density at radius 3 is 2.11 bits per heavy atom. The molecule has 2 saturated heterocycles. The van der Waals surface area contributed by atoms with E-state index in [-0.39, 0.29) is 22.8 Å². The number of primary sulfonamides is 1. The Hall–Kier alpha value is -3.42. The van der Waals surface area contributed by atoms with E-state index >= 15 is 0 Å². The molecule has 2 heterocycles. The molecule has 9 nitrogen and oxygen atoms in total. The second-order valence-electron chi connectivity index (χ2n) is 11.1. The first-order chi connectivity index (χ1) is 17.9. The second kappa shape index (κ2) is 10.8. The summed E-state index contributed by atoms with van der Waals surface area (Å²) in [6.07, 6.45) is 3.28. The van der Waals surface area contributed by atoms with Crippen LogP contribution in [0.1, 0.15) is 52.0 Å². The summed E-state index contributed by atoms with van der Waals surface area (Å²) in [5.41, 5.74) is 1.89. The van der Waals surface area contributed by atoms with E-state index in [0.29, 0.717) is 6.42 Å². The molecule has 0 spiro atoms. The first-order valence-corrected chi connectivity index (χ1v) is 14.3. The molecular formula is C28H34N4O5S. The summed E-state index contributed by atoms with van der Waals surface area (Å²) < 4.78 is 28.6. The van der Waals surface area contributed by atoms with Crippen LogP contribution in [0.5, 0.6) is 0 Å². The third-order valence-corrected chi connectivity index (χ3v) is 8.07. The highest BCUT2D eigenvalue weighted by Crippen LogP contribution is 2.40. The van der Waals surface area contributed by atoms with Crippen LogP contribution >= 0.6 is 0 Å². The molecule has 2 unspecified atom stereocenters. The molecule has 3 N–H and O–H groups in total. The van der Waals surface area contributed by atoms with Gasteiger partial charge in [0.2, 0.25) is 15.9 Å². The van der Waals surface area contributed by atoms with Crippen LogP contribution < -0.4 is 10.5 Å². The number of benzene rings is 2. The van der Waals surface area contributed by atoms with E-state index in [0.717, 1.165) is 42.4 Å². The van der Waals surface area contributed by atoms with Gasteiger partial charge < -0.3 is 10.1 Å². The van der Waals surface area contributed by atoms with Crippen LogP contribution in [0, 0.1) is 17.2 Å². The number of carbonyl (C=O) groups is 2. The highest BCUT2D eigenvalue weighted by molar-refractivity contribution is 7.89. The maximum atomic E-state index is 13.4. The lowest BCUT2D eigenvalue weighted by atomic mass is 9.74. The Morgan fingerprint density at radius 2 is 1.61 bits per heavy atom. The molecule has 1 saturated carbocycles. The van der Waals surface area contributed by atoms with Crippen molar-refractivity contribution in [2.24, 2.45) is 11.1 Å². The monoisotopic (exact) mass is 538 g/mol. The van der Waals surface area contributed by atoms with Crippen molar-refractivity contribution >= 4 is 22.0 Å². The van der Waals surface area contributed by atoms with Crippen LogP contribution in [0.3, 0.4) is 0 Å². The summed E-state index contributed by atoms with van der Waals surface area (Å²) in [5, 5.41) is 17.8. The second-order valence-corrected chi connectivity index (χ2v) is 12.6. The van der Waals surface area contributed by atoms with Gasteiger partial charge in [0.05, 0.1) is 11.0 Å². The lowest BCUT2D eigenvalue weighted by Crippen LogP contribution is -2.64. The van der Waals surface area contributed by atoms with Gasteiger partial charge in [0.25, 0.3) is 0 Å². The van der Waals surface area contributed by atoms with E-state index in [1.54, 1.807) is 37.8 Å². The molecule has 2 aromatic carbocycles. The predicted molar refractivity (Wildman–Crippen MR) is 142 cm³/mol. The molecular weight excluding hydrogens is 504 g/mol. The Morgan fingerprint density at radius 1 is 1.05 bits per heavy atom. The molecule has 38 heavy (non-hydrogen) atoms. The summed E-state index contributed by atoms with van der Waals surface area (Å²) >= 11 is 0. The SMILES string of the molecule is CC(C)(C)OC(=O)N1C2CCC(CC2)C1C(=O)NC(C#N)Cc1ccc(-c2ccc(S(N)(=O)=O)cc2)cc1. The number of fused-ring (bicyclic) bond motifs is 3. The van der Waals surface area contributed by atoms with Gasteiger partial charge in [0, 0.05) is 12.5 Å². The minimum atomic E-state index is -3.76. The van der Waals surface area contributed by atoms with Crippen LogP contribution in [-0.4, -0.2) is 49.0 Å². The minimum Gasteiger partial charge on any atom is -0.444 e. The third kappa shape index (κ3) is 6.34. The molecule has 5 rings (SSSR count). The molecule has 1 aliphatic carbocycles. The van der Waals surface area contributed by atoms with Gasteiger partial charge in [-0.25, -0.2) is 18.4 Å². The molecule has 2 amide bonds. The number of nitriles is 1. The van der Waals surface area contributed by atoms with Crippen molar-refractivity contribution in [3.63, 3.8) is 0 Å². The number of nitrogens with zero attached hydrogens (tertiary/aromatic N) is 2. The zero-order valence-corrected chi connectivity index (χ0v) is 22.7. The van der Waals surface area contributed by atoms with Crippen molar-refractivity contribution in [3.05, 3.63) is 54.1 Å². The standard InChI is InChI=1S/C28H34N4O5S/c1-28(2,3)37-27(34)32-23-12-8-21(9-13-23)25(32)26(33)31-22(17-29)16-18-4-6-19(7-5-18)20-10-14-24(15-11-20)38(30,35)36/h4-7,10-11,14-15,21-23,25H,8-9,12-13,16H2,1-3H3,(H,31,33)(H2,30,35,36). The fraction of sp³-hybridized carbons (Fsp3) is 0.464. The van der Waals surface area contributed by atoms with Crippen LogP contribution in [0.15, 0.2) is 53.4 Å². The number of sulfonamides is 1. The van der Waals surface area contributed by atoms with Crippen molar-refractivity contribution in [3.8, 4) is 17.2 Å². The van der Waals surface area contributed by atoms with Crippen molar-refractivity contribution in [1.29, 1.82) is 5.26 Å². The summed E-state index contributed by atoms with van der Waals surface area (Å²) in [6.45, 7) is 5.41. The number of carbonyl (C=O) groups excluding carboxylic acids is 2. The van der Waals surface area contributed by atoms with Gasteiger partial charge in [0.1, 0.15) is 17.7 Å². The van der Waals surface area contributed by atoms with E-state index in [9.17, 15) is 23.3 Å². The van der Waals surface area contributed by atoms with Gasteiger partial charge >= 0.3 is 6.09 Å². The largest absolute Gasteiger partial charge is 0.444 e. The summed E-state index contributed by atoms with van der Waals surface area (Å²) in [5.74, 6) is -0.268. The lowest BCUT2D eigenvalue weighted by molar-refractivity contribution is -0.135. The van der Waals surface area contributed by atoms with Gasteiger partial charge in [-0.05, 0) is 81.2 Å². The van der Waals surface area contributed by atoms with Crippen molar-refractivity contribution < 1.29 is 22.7 Å². The molecule has 0 aromatic heterocycles. The van der Waals surface area contributed by atoms with E-state index in [4.69, 9.17) is 9.88 Å². The average molecular weight is 539 g/mol. The summed E-state index contributed by atoms with van der Waals surface area (Å²) in [7, 11) is -3.76. The van der Waals surface area contributed by atoms with Crippen molar-refractivity contribution in [1.82, 2.24) is 10.2 Å². The highest BCUT2D eigenvalue weighted by Gasteiger charge is 2.49. The molecule has 0 radical (unpaired) electrons. The Balaban J connectivity index is 1.43. The minimum absolute atomic E-state index is 0.0299. The van der Waals surface area contributed by atoms with Crippen molar-refractivity contribution in [2.75, 3.05) is 0 Å². The number of nitrogens with two attached hydrogens (primary N) is 1. The normalized spacial score (nSPS) is 21.9. The Kier molecular flexibility index (Phi) is 7.81. The molecule has 3 aliphatic rings. The summed E-state index contributed by atoms with van der Waals surface area (Å²) in [4.78, 5) is 28.0. The van der Waals surface area contributed by atoms with Crippen molar-refractivity contribution in [2.45, 2.75) is 81.5 Å². The number of hydrogen-bond acceptors (Lipinski definition) is 6. The van der Waals surface area contributed by atoms with E-state index in [1.807, 2.05) is 24.3 Å². The molecule has 2 bridgehead atoms. The fourth-order valence-corrected chi connectivity index (χ4v) is 5.87. The van der Waals surface area contributed by atoms with Gasteiger partial charge in [-0.1, -0.05) is 36.4 Å². The molecule has 202 valence electrons. The zero-order valence-electron chi connectivity index (χ0n) is 21.9. The zero-order chi connectivity index (χ0) is 27.7. The van der Waals surface area contributed by atoms with Gasteiger partial charge in [-0.2, -0.15) is 5.26 Å². The lowest BCUT2D eigenvalue weighted by Gasteiger charge is -2.50. The topological polar surface area (TPSA) is 143 Å². The van der Waals surface area contributed by atoms with Crippen LogP contribution in [0.4, 0.5) is 4.79 Å². The van der Waals surface area contributed by atoms with Gasteiger partial charge in [0.15, 0.2) is 0 Å². The molecule has 2 aliphatic heterocycles. The maximum absolute atomic E-state index is 13.4. The van der Waals surface area contributed by atoms with E-state index in [1.165, 1.54) is 12.1 Å². The average Bonchev–Trinajstić information content (AvgIpc) is 2.87. The quantitative estimate of drug-likeness (QED) is 0.574. The molecule has 10 heteroatoms. The number of ether oxygens (including phenoxy) is 1. The first-order valence-electron chi connectivity index (χ1n) is 12.8. The third-order valence-electron chi connectivity index (χ3n) is 7.14.